The van der Waals surface area contributed by atoms with Gasteiger partial charge in [-0.05, 0) is 23.8 Å². The van der Waals surface area contributed by atoms with E-state index in [-0.39, 0.29) is 0 Å². The molecule has 0 fully saturated rings. The molecule has 1 aromatic carbocycles. The Morgan fingerprint density at radius 3 is 1.79 bits per heavy atom. The summed E-state index contributed by atoms with van der Waals surface area (Å²) in [5.74, 6) is 0. The van der Waals surface area contributed by atoms with Crippen LogP contribution in [-0.4, -0.2) is 6.18 Å². The summed E-state index contributed by atoms with van der Waals surface area (Å²) < 4.78 is 49.6. The molecule has 78 valence electrons. The molecule has 0 radical (unpaired) electrons. The van der Waals surface area contributed by atoms with Crippen molar-refractivity contribution >= 4 is 31.9 Å². The van der Waals surface area contributed by atoms with Gasteiger partial charge < -0.3 is 0 Å². The third kappa shape index (κ3) is 2.95. The minimum atomic E-state index is -4.86. The third-order valence-electron chi connectivity index (χ3n) is 1.46. The van der Waals surface area contributed by atoms with Crippen molar-refractivity contribution in [3.63, 3.8) is 0 Å². The van der Waals surface area contributed by atoms with Crippen molar-refractivity contribution < 1.29 is 17.6 Å². The van der Waals surface area contributed by atoms with E-state index in [4.69, 9.17) is 0 Å². The van der Waals surface area contributed by atoms with Gasteiger partial charge in [0.2, 0.25) is 6.17 Å². The molecule has 1 aromatic rings. The van der Waals surface area contributed by atoms with E-state index in [9.17, 15) is 17.6 Å². The summed E-state index contributed by atoms with van der Waals surface area (Å²) in [6.07, 6.45) is -7.81. The Hall–Kier alpha value is -0.100. The van der Waals surface area contributed by atoms with E-state index >= 15 is 0 Å². The molecule has 6 heteroatoms. The van der Waals surface area contributed by atoms with E-state index < -0.39 is 17.9 Å². The summed E-state index contributed by atoms with van der Waals surface area (Å²) in [7, 11) is 0. The maximum atomic E-state index is 12.8. The van der Waals surface area contributed by atoms with Crippen molar-refractivity contribution in [3.8, 4) is 0 Å². The van der Waals surface area contributed by atoms with Crippen LogP contribution in [0.3, 0.4) is 0 Å². The lowest BCUT2D eigenvalue weighted by atomic mass is 10.1. The minimum absolute atomic E-state index is 0.397. The quantitative estimate of drug-likeness (QED) is 0.648. The van der Waals surface area contributed by atoms with Crippen molar-refractivity contribution in [2.45, 2.75) is 12.3 Å². The predicted octanol–water partition coefficient (Wildman–Crippen LogP) is 4.78. The summed E-state index contributed by atoms with van der Waals surface area (Å²) in [6.45, 7) is 0. The van der Waals surface area contributed by atoms with Crippen LogP contribution in [0.25, 0.3) is 0 Å². The summed E-state index contributed by atoms with van der Waals surface area (Å²) in [4.78, 5) is 0. The van der Waals surface area contributed by atoms with E-state index in [0.717, 1.165) is 12.1 Å². The molecule has 1 rings (SSSR count). The molecule has 0 heterocycles. The fraction of sp³-hybridized carbons (Fsp3) is 0.250. The molecule has 0 nitrogen and oxygen atoms in total. The van der Waals surface area contributed by atoms with Crippen molar-refractivity contribution in [2.24, 2.45) is 0 Å². The average molecular weight is 336 g/mol. The number of alkyl halides is 4. The molecule has 0 saturated heterocycles. The Balaban J connectivity index is 3.07. The van der Waals surface area contributed by atoms with Crippen LogP contribution in [-0.2, 0) is 0 Å². The van der Waals surface area contributed by atoms with Gasteiger partial charge in [-0.2, -0.15) is 13.2 Å². The van der Waals surface area contributed by atoms with E-state index in [1.54, 1.807) is 0 Å². The van der Waals surface area contributed by atoms with Gasteiger partial charge >= 0.3 is 6.18 Å². The summed E-state index contributed by atoms with van der Waals surface area (Å²) in [5.41, 5.74) is -0.418. The van der Waals surface area contributed by atoms with Gasteiger partial charge in [0.25, 0.3) is 0 Å². The van der Waals surface area contributed by atoms with Crippen LogP contribution in [0, 0.1) is 0 Å². The Kier molecular flexibility index (Phi) is 3.58. The minimum Gasteiger partial charge on any atom is -0.232 e. The second kappa shape index (κ2) is 4.18. The van der Waals surface area contributed by atoms with Gasteiger partial charge in [0.05, 0.1) is 0 Å². The maximum absolute atomic E-state index is 12.8. The molecule has 0 N–H and O–H groups in total. The van der Waals surface area contributed by atoms with Crippen LogP contribution in [0.1, 0.15) is 11.7 Å². The van der Waals surface area contributed by atoms with Crippen molar-refractivity contribution in [1.82, 2.24) is 0 Å². The van der Waals surface area contributed by atoms with Crippen molar-refractivity contribution in [1.29, 1.82) is 0 Å². The topological polar surface area (TPSA) is 0 Å². The average Bonchev–Trinajstić information content (AvgIpc) is 1.99. The van der Waals surface area contributed by atoms with E-state index in [0.29, 0.717) is 8.95 Å². The Morgan fingerprint density at radius 2 is 1.43 bits per heavy atom. The molecule has 0 aliphatic rings. The van der Waals surface area contributed by atoms with Gasteiger partial charge in [-0.25, -0.2) is 4.39 Å². The second-order valence-electron chi connectivity index (χ2n) is 2.61. The lowest BCUT2D eigenvalue weighted by Gasteiger charge is -2.12. The van der Waals surface area contributed by atoms with Crippen molar-refractivity contribution in [3.05, 3.63) is 32.7 Å². The number of rotatable bonds is 1. The molecule has 0 amide bonds. The second-order valence-corrected chi connectivity index (χ2v) is 4.44. The highest BCUT2D eigenvalue weighted by Gasteiger charge is 2.41. The van der Waals surface area contributed by atoms with E-state index in [1.807, 2.05) is 0 Å². The monoisotopic (exact) mass is 334 g/mol. The molecule has 0 aromatic heterocycles. The lowest BCUT2D eigenvalue weighted by molar-refractivity contribution is -0.182. The van der Waals surface area contributed by atoms with Gasteiger partial charge in [-0.1, -0.05) is 31.9 Å². The number of hydrogen-bond acceptors (Lipinski definition) is 0. The van der Waals surface area contributed by atoms with E-state index in [2.05, 4.69) is 31.9 Å². The number of hydrogen-bond donors (Lipinski definition) is 0. The lowest BCUT2D eigenvalue weighted by Crippen LogP contribution is -2.16. The summed E-state index contributed by atoms with van der Waals surface area (Å²) in [5, 5.41) is 0. The van der Waals surface area contributed by atoms with Gasteiger partial charge in [0.15, 0.2) is 0 Å². The fourth-order valence-corrected chi connectivity index (χ4v) is 2.24. The zero-order valence-electron chi connectivity index (χ0n) is 6.58. The van der Waals surface area contributed by atoms with Crippen LogP contribution in [0.15, 0.2) is 27.1 Å². The fourth-order valence-electron chi connectivity index (χ4n) is 0.910. The maximum Gasteiger partial charge on any atom is 0.423 e. The van der Waals surface area contributed by atoms with Crippen LogP contribution in [0.5, 0.6) is 0 Å². The van der Waals surface area contributed by atoms with Gasteiger partial charge in [0, 0.05) is 8.95 Å². The third-order valence-corrected chi connectivity index (χ3v) is 2.38. The molecular formula is C8H4Br2F4. The largest absolute Gasteiger partial charge is 0.423 e. The molecule has 1 unspecified atom stereocenters. The molecule has 1 atom stereocenters. The highest BCUT2D eigenvalue weighted by atomic mass is 79.9. The first-order valence-electron chi connectivity index (χ1n) is 3.47. The molecule has 0 bridgehead atoms. The Bertz CT molecular complexity index is 314. The Labute approximate surface area is 94.6 Å². The molecule has 0 aliphatic heterocycles. The first-order chi connectivity index (χ1) is 6.30. The van der Waals surface area contributed by atoms with Crippen LogP contribution in [0.2, 0.25) is 0 Å². The van der Waals surface area contributed by atoms with Crippen molar-refractivity contribution in [2.75, 3.05) is 0 Å². The van der Waals surface area contributed by atoms with Gasteiger partial charge in [0.1, 0.15) is 0 Å². The highest BCUT2D eigenvalue weighted by molar-refractivity contribution is 9.11. The van der Waals surface area contributed by atoms with E-state index in [1.165, 1.54) is 6.07 Å². The SMILES string of the molecule is FC(c1cc(Br)cc(Br)c1)C(F)(F)F. The van der Waals surface area contributed by atoms with Gasteiger partial charge in [-0.3, -0.25) is 0 Å². The van der Waals surface area contributed by atoms with Crippen LogP contribution < -0.4 is 0 Å². The highest BCUT2D eigenvalue weighted by Crippen LogP contribution is 2.37. The normalized spacial score (nSPS) is 14.1. The molecule has 14 heavy (non-hydrogen) atoms. The number of halogens is 6. The van der Waals surface area contributed by atoms with Crippen LogP contribution >= 0.6 is 31.9 Å². The Morgan fingerprint density at radius 1 is 1.00 bits per heavy atom. The molecule has 0 aliphatic carbocycles. The zero-order valence-corrected chi connectivity index (χ0v) is 9.75. The first-order valence-corrected chi connectivity index (χ1v) is 5.06. The summed E-state index contributed by atoms with van der Waals surface area (Å²) in [6, 6.07) is 3.73. The van der Waals surface area contributed by atoms with Crippen LogP contribution in [0.4, 0.5) is 17.6 Å². The van der Waals surface area contributed by atoms with Gasteiger partial charge in [-0.15, -0.1) is 0 Å². The first kappa shape index (κ1) is 12.0. The molecular weight excluding hydrogens is 332 g/mol. The molecule has 0 saturated carbocycles. The molecule has 0 spiro atoms. The smallest absolute Gasteiger partial charge is 0.232 e. The number of benzene rings is 1. The standard InChI is InChI=1S/C8H4Br2F4/c9-5-1-4(2-6(10)3-5)7(11)8(12,13)14/h1-3,7H. The summed E-state index contributed by atoms with van der Waals surface area (Å²) >= 11 is 5.97. The predicted molar refractivity (Wildman–Crippen MR) is 51.7 cm³/mol. The zero-order chi connectivity index (χ0) is 10.9.